The van der Waals surface area contributed by atoms with Crippen LogP contribution in [0.2, 0.25) is 0 Å². The van der Waals surface area contributed by atoms with Crippen molar-refractivity contribution in [2.75, 3.05) is 13.1 Å². The number of nitrogens with one attached hydrogen (secondary N) is 1. The van der Waals surface area contributed by atoms with Crippen molar-refractivity contribution in [3.63, 3.8) is 0 Å². The molecule has 0 saturated heterocycles. The number of hydrogen-bond acceptors (Lipinski definition) is 2. The van der Waals surface area contributed by atoms with Gasteiger partial charge in [0, 0.05) is 6.42 Å². The fraction of sp³-hybridized carbons (Fsp3) is 0.923. The van der Waals surface area contributed by atoms with Crippen molar-refractivity contribution in [3.8, 4) is 6.07 Å². The minimum absolute atomic E-state index is 0.707. The molecule has 0 rings (SSSR count). The van der Waals surface area contributed by atoms with Crippen molar-refractivity contribution in [1.82, 2.24) is 5.32 Å². The first kappa shape index (κ1) is 14.5. The Morgan fingerprint density at radius 2 is 1.47 bits per heavy atom. The molecule has 0 atom stereocenters. The van der Waals surface area contributed by atoms with E-state index in [4.69, 9.17) is 5.26 Å². The average molecular weight is 210 g/mol. The van der Waals surface area contributed by atoms with Gasteiger partial charge in [-0.05, 0) is 32.4 Å². The highest BCUT2D eigenvalue weighted by Crippen LogP contribution is 2.04. The van der Waals surface area contributed by atoms with Gasteiger partial charge in [0.2, 0.25) is 0 Å². The lowest BCUT2D eigenvalue weighted by Crippen LogP contribution is -2.16. The van der Waals surface area contributed by atoms with Gasteiger partial charge < -0.3 is 5.32 Å². The van der Waals surface area contributed by atoms with E-state index in [2.05, 4.69) is 18.3 Å². The highest BCUT2D eigenvalue weighted by atomic mass is 14.8. The molecule has 0 aromatic heterocycles. The van der Waals surface area contributed by atoms with Crippen LogP contribution in [0.3, 0.4) is 0 Å². The average Bonchev–Trinajstić information content (AvgIpc) is 2.26. The molecule has 15 heavy (non-hydrogen) atoms. The van der Waals surface area contributed by atoms with Crippen LogP contribution in [0.15, 0.2) is 0 Å². The summed E-state index contributed by atoms with van der Waals surface area (Å²) in [5.74, 6) is 0. The van der Waals surface area contributed by atoms with Gasteiger partial charge >= 0.3 is 0 Å². The Bertz CT molecular complexity index is 149. The van der Waals surface area contributed by atoms with E-state index in [1.807, 2.05) is 0 Å². The maximum atomic E-state index is 8.34. The van der Waals surface area contributed by atoms with E-state index in [0.717, 1.165) is 25.9 Å². The van der Waals surface area contributed by atoms with Crippen LogP contribution in [-0.4, -0.2) is 13.1 Å². The minimum Gasteiger partial charge on any atom is -0.317 e. The summed E-state index contributed by atoms with van der Waals surface area (Å²) in [6, 6.07) is 2.17. The topological polar surface area (TPSA) is 35.8 Å². The third-order valence-corrected chi connectivity index (χ3v) is 2.60. The fourth-order valence-electron chi connectivity index (χ4n) is 1.61. The normalized spacial score (nSPS) is 10.1. The van der Waals surface area contributed by atoms with Crippen LogP contribution < -0.4 is 5.32 Å². The molecule has 0 unspecified atom stereocenters. The van der Waals surface area contributed by atoms with Crippen molar-refractivity contribution in [1.29, 1.82) is 5.26 Å². The number of rotatable bonds is 11. The SMILES string of the molecule is CCCCCCCCNCCCCC#N. The van der Waals surface area contributed by atoms with Crippen LogP contribution >= 0.6 is 0 Å². The van der Waals surface area contributed by atoms with E-state index in [1.165, 1.54) is 38.5 Å². The number of nitrogens with zero attached hydrogens (tertiary/aromatic N) is 1. The maximum Gasteiger partial charge on any atom is 0.0621 e. The summed E-state index contributed by atoms with van der Waals surface area (Å²) in [4.78, 5) is 0. The lowest BCUT2D eigenvalue weighted by Gasteiger charge is -2.03. The zero-order chi connectivity index (χ0) is 11.2. The molecule has 0 fully saturated rings. The third-order valence-electron chi connectivity index (χ3n) is 2.60. The van der Waals surface area contributed by atoms with Gasteiger partial charge in [0.15, 0.2) is 0 Å². The molecule has 0 radical (unpaired) electrons. The molecule has 0 spiro atoms. The molecule has 0 aromatic rings. The molecule has 0 saturated carbocycles. The minimum atomic E-state index is 0.707. The van der Waals surface area contributed by atoms with Gasteiger partial charge in [0.1, 0.15) is 0 Å². The number of hydrogen-bond donors (Lipinski definition) is 1. The smallest absolute Gasteiger partial charge is 0.0621 e. The predicted molar refractivity (Wildman–Crippen MR) is 65.7 cm³/mol. The number of unbranched alkanes of at least 4 members (excludes halogenated alkanes) is 7. The molecular formula is C13H26N2. The fourth-order valence-corrected chi connectivity index (χ4v) is 1.61. The largest absolute Gasteiger partial charge is 0.317 e. The van der Waals surface area contributed by atoms with Crippen LogP contribution in [-0.2, 0) is 0 Å². The lowest BCUT2D eigenvalue weighted by molar-refractivity contribution is 0.560. The molecule has 2 heteroatoms. The highest BCUT2D eigenvalue weighted by Gasteiger charge is 1.91. The van der Waals surface area contributed by atoms with Crippen molar-refractivity contribution in [2.24, 2.45) is 0 Å². The summed E-state index contributed by atoms with van der Waals surface area (Å²) in [6.45, 7) is 4.48. The van der Waals surface area contributed by atoms with Gasteiger partial charge in [-0.2, -0.15) is 5.26 Å². The second kappa shape index (κ2) is 13.4. The van der Waals surface area contributed by atoms with Crippen LogP contribution in [0.1, 0.15) is 64.7 Å². The molecule has 0 amide bonds. The summed E-state index contributed by atoms with van der Waals surface area (Å²) in [7, 11) is 0. The molecule has 0 aromatic carbocycles. The first-order valence-electron chi connectivity index (χ1n) is 6.49. The van der Waals surface area contributed by atoms with E-state index in [-0.39, 0.29) is 0 Å². The standard InChI is InChI=1S/C13H26N2/c1-2-3-4-5-6-9-12-15-13-10-7-8-11-14/h15H,2-10,12-13H2,1H3. The van der Waals surface area contributed by atoms with Gasteiger partial charge in [0.05, 0.1) is 6.07 Å². The van der Waals surface area contributed by atoms with Crippen LogP contribution in [0, 0.1) is 11.3 Å². The Morgan fingerprint density at radius 3 is 2.13 bits per heavy atom. The molecular weight excluding hydrogens is 184 g/mol. The van der Waals surface area contributed by atoms with Gasteiger partial charge in [-0.3, -0.25) is 0 Å². The first-order chi connectivity index (χ1) is 7.41. The highest BCUT2D eigenvalue weighted by molar-refractivity contribution is 4.68. The Hall–Kier alpha value is -0.550. The van der Waals surface area contributed by atoms with Crippen molar-refractivity contribution in [3.05, 3.63) is 0 Å². The monoisotopic (exact) mass is 210 g/mol. The quantitative estimate of drug-likeness (QED) is 0.529. The van der Waals surface area contributed by atoms with Crippen molar-refractivity contribution < 1.29 is 0 Å². The Balaban J connectivity index is 2.84. The van der Waals surface area contributed by atoms with Crippen molar-refractivity contribution in [2.45, 2.75) is 64.7 Å². The molecule has 0 heterocycles. The third kappa shape index (κ3) is 13.4. The van der Waals surface area contributed by atoms with Crippen molar-refractivity contribution >= 4 is 0 Å². The molecule has 1 N–H and O–H groups in total. The van der Waals surface area contributed by atoms with Gasteiger partial charge in [-0.25, -0.2) is 0 Å². The Morgan fingerprint density at radius 1 is 0.867 bits per heavy atom. The van der Waals surface area contributed by atoms with E-state index in [0.29, 0.717) is 6.42 Å². The van der Waals surface area contributed by atoms with E-state index in [9.17, 15) is 0 Å². The summed E-state index contributed by atoms with van der Waals surface area (Å²) >= 11 is 0. The van der Waals surface area contributed by atoms with Crippen LogP contribution in [0.25, 0.3) is 0 Å². The molecule has 88 valence electrons. The van der Waals surface area contributed by atoms with E-state index < -0.39 is 0 Å². The molecule has 0 bridgehead atoms. The zero-order valence-electron chi connectivity index (χ0n) is 10.2. The van der Waals surface area contributed by atoms with Gasteiger partial charge in [0.25, 0.3) is 0 Å². The van der Waals surface area contributed by atoms with E-state index in [1.54, 1.807) is 0 Å². The van der Waals surface area contributed by atoms with Gasteiger partial charge in [-0.1, -0.05) is 39.0 Å². The summed E-state index contributed by atoms with van der Waals surface area (Å²) in [5.41, 5.74) is 0. The Labute approximate surface area is 95.1 Å². The Kier molecular flexibility index (Phi) is 13.0. The number of nitriles is 1. The predicted octanol–water partition coefficient (Wildman–Crippen LogP) is 3.63. The van der Waals surface area contributed by atoms with E-state index >= 15 is 0 Å². The lowest BCUT2D eigenvalue weighted by atomic mass is 10.1. The summed E-state index contributed by atoms with van der Waals surface area (Å²) in [6.07, 6.45) is 11.1. The molecule has 0 aliphatic heterocycles. The summed E-state index contributed by atoms with van der Waals surface area (Å²) in [5, 5.41) is 11.8. The molecule has 0 aliphatic rings. The second-order valence-electron chi connectivity index (χ2n) is 4.13. The maximum absolute atomic E-state index is 8.34. The van der Waals surface area contributed by atoms with Crippen LogP contribution in [0.4, 0.5) is 0 Å². The van der Waals surface area contributed by atoms with Crippen LogP contribution in [0.5, 0.6) is 0 Å². The van der Waals surface area contributed by atoms with Gasteiger partial charge in [-0.15, -0.1) is 0 Å². The zero-order valence-corrected chi connectivity index (χ0v) is 10.2. The molecule has 2 nitrogen and oxygen atoms in total. The summed E-state index contributed by atoms with van der Waals surface area (Å²) < 4.78 is 0. The first-order valence-corrected chi connectivity index (χ1v) is 6.49. The molecule has 0 aliphatic carbocycles. The second-order valence-corrected chi connectivity index (χ2v) is 4.13.